The standard InChI is InChI=1S/C4H4BrN2.Ag/c1-3-4(5)2-6-7-3;/h2H,1H3;/q-1;+1. The second-order valence-electron chi connectivity index (χ2n) is 1.28. The van der Waals surface area contributed by atoms with Gasteiger partial charge in [0, 0.05) is 10.7 Å². The molecule has 1 rings (SSSR count). The molecule has 1 aromatic rings. The van der Waals surface area contributed by atoms with Crippen LogP contribution in [-0.2, 0) is 22.4 Å². The van der Waals surface area contributed by atoms with Crippen molar-refractivity contribution in [2.24, 2.45) is 0 Å². The first-order chi connectivity index (χ1) is 3.30. The van der Waals surface area contributed by atoms with Crippen molar-refractivity contribution in [3.8, 4) is 0 Å². The summed E-state index contributed by atoms with van der Waals surface area (Å²) < 4.78 is 0.979. The van der Waals surface area contributed by atoms with Crippen LogP contribution in [0, 0.1) is 6.92 Å². The fraction of sp³-hybridized carbons (Fsp3) is 0.250. The van der Waals surface area contributed by atoms with Gasteiger partial charge in [-0.05, 0) is 0 Å². The molecular formula is C4H4AgBrN2. The summed E-state index contributed by atoms with van der Waals surface area (Å²) in [5.74, 6) is 0. The van der Waals surface area contributed by atoms with Crippen molar-refractivity contribution >= 4 is 15.9 Å². The first kappa shape index (κ1) is 8.43. The average Bonchev–Trinajstić information content (AvgIpc) is 1.91. The summed E-state index contributed by atoms with van der Waals surface area (Å²) in [6.45, 7) is 1.90. The van der Waals surface area contributed by atoms with Crippen molar-refractivity contribution in [2.45, 2.75) is 6.92 Å². The van der Waals surface area contributed by atoms with Crippen LogP contribution in [0.3, 0.4) is 0 Å². The Morgan fingerprint density at radius 1 is 1.75 bits per heavy atom. The maximum atomic E-state index is 3.72. The van der Waals surface area contributed by atoms with E-state index in [1.165, 1.54) is 0 Å². The summed E-state index contributed by atoms with van der Waals surface area (Å²) in [6.07, 6.45) is 1.68. The van der Waals surface area contributed by atoms with E-state index in [2.05, 4.69) is 26.1 Å². The summed E-state index contributed by atoms with van der Waals surface area (Å²) >= 11 is 3.24. The van der Waals surface area contributed by atoms with Crippen molar-refractivity contribution in [1.82, 2.24) is 10.2 Å². The molecule has 0 fully saturated rings. The zero-order chi connectivity index (χ0) is 5.28. The van der Waals surface area contributed by atoms with Crippen LogP contribution in [0.2, 0.25) is 0 Å². The van der Waals surface area contributed by atoms with Crippen LogP contribution >= 0.6 is 15.9 Å². The van der Waals surface area contributed by atoms with E-state index in [9.17, 15) is 0 Å². The summed E-state index contributed by atoms with van der Waals surface area (Å²) in [6, 6.07) is 0. The zero-order valence-electron chi connectivity index (χ0n) is 4.15. The van der Waals surface area contributed by atoms with Crippen LogP contribution in [0.25, 0.3) is 0 Å². The summed E-state index contributed by atoms with van der Waals surface area (Å²) in [4.78, 5) is 0. The van der Waals surface area contributed by atoms with Crippen LogP contribution in [0.5, 0.6) is 0 Å². The molecule has 0 N–H and O–H groups in total. The van der Waals surface area contributed by atoms with E-state index in [4.69, 9.17) is 0 Å². The Morgan fingerprint density at radius 2 is 2.38 bits per heavy atom. The van der Waals surface area contributed by atoms with Gasteiger partial charge in [-0.3, -0.25) is 0 Å². The summed E-state index contributed by atoms with van der Waals surface area (Å²) in [5, 5.41) is 7.34. The largest absolute Gasteiger partial charge is 1.00 e. The molecule has 48 valence electrons. The number of rotatable bonds is 0. The van der Waals surface area contributed by atoms with Gasteiger partial charge in [-0.1, -0.05) is 22.9 Å². The third-order valence-electron chi connectivity index (χ3n) is 0.724. The van der Waals surface area contributed by atoms with E-state index in [1.807, 2.05) is 6.92 Å². The predicted molar refractivity (Wildman–Crippen MR) is 30.0 cm³/mol. The van der Waals surface area contributed by atoms with Gasteiger partial charge < -0.3 is 10.2 Å². The predicted octanol–water partition coefficient (Wildman–Crippen LogP) is 1.11. The number of hydrogen-bond donors (Lipinski definition) is 0. The zero-order valence-corrected chi connectivity index (χ0v) is 7.22. The fourth-order valence-electron chi connectivity index (χ4n) is 0.307. The molecule has 0 aliphatic carbocycles. The molecule has 1 aromatic heterocycles. The molecule has 4 heteroatoms. The summed E-state index contributed by atoms with van der Waals surface area (Å²) in [7, 11) is 0. The average molecular weight is 268 g/mol. The second kappa shape index (κ2) is 3.45. The van der Waals surface area contributed by atoms with Crippen LogP contribution < -0.4 is 5.10 Å². The first-order valence-corrected chi connectivity index (χ1v) is 2.70. The van der Waals surface area contributed by atoms with E-state index in [-0.39, 0.29) is 22.4 Å². The van der Waals surface area contributed by atoms with E-state index >= 15 is 0 Å². The molecule has 8 heavy (non-hydrogen) atoms. The molecule has 0 saturated carbocycles. The van der Waals surface area contributed by atoms with Crippen molar-refractivity contribution in [1.29, 1.82) is 0 Å². The van der Waals surface area contributed by atoms with Gasteiger partial charge in [0.2, 0.25) is 0 Å². The number of hydrogen-bond acceptors (Lipinski definition) is 1. The Bertz CT molecular complexity index is 146. The Balaban J connectivity index is 0.000000490. The van der Waals surface area contributed by atoms with E-state index in [0.29, 0.717) is 0 Å². The number of aryl methyl sites for hydroxylation is 1. The van der Waals surface area contributed by atoms with Gasteiger partial charge in [-0.25, -0.2) is 0 Å². The molecule has 2 nitrogen and oxygen atoms in total. The smallest absolute Gasteiger partial charge is 0.578 e. The molecule has 0 radical (unpaired) electrons. The normalized spacial score (nSPS) is 8.25. The molecule has 0 spiro atoms. The molecule has 0 unspecified atom stereocenters. The van der Waals surface area contributed by atoms with E-state index in [0.717, 1.165) is 10.2 Å². The Kier molecular flexibility index (Phi) is 3.64. The third-order valence-corrected chi connectivity index (χ3v) is 1.50. The van der Waals surface area contributed by atoms with Crippen molar-refractivity contribution in [3.05, 3.63) is 16.4 Å². The molecule has 0 amide bonds. The number of nitrogens with zero attached hydrogens (tertiary/aromatic N) is 2. The Labute approximate surface area is 71.7 Å². The van der Waals surface area contributed by atoms with Crippen molar-refractivity contribution in [2.75, 3.05) is 0 Å². The van der Waals surface area contributed by atoms with Crippen LogP contribution in [-0.4, -0.2) is 5.10 Å². The fourth-order valence-corrected chi connectivity index (χ4v) is 0.478. The first-order valence-electron chi connectivity index (χ1n) is 1.91. The van der Waals surface area contributed by atoms with Gasteiger partial charge in [-0.15, -0.1) is 5.69 Å². The van der Waals surface area contributed by atoms with Gasteiger partial charge in [0.25, 0.3) is 0 Å². The topological polar surface area (TPSA) is 27.0 Å². The monoisotopic (exact) mass is 266 g/mol. The molecule has 0 aliphatic rings. The van der Waals surface area contributed by atoms with Crippen molar-refractivity contribution < 1.29 is 22.4 Å². The maximum Gasteiger partial charge on any atom is 1.00 e. The molecule has 0 bridgehead atoms. The Morgan fingerprint density at radius 3 is 2.50 bits per heavy atom. The van der Waals surface area contributed by atoms with Gasteiger partial charge in [0.15, 0.2) is 0 Å². The minimum atomic E-state index is 0. The Hall–Kier alpha value is 0.430. The molecule has 0 aromatic carbocycles. The molecular weight excluding hydrogens is 264 g/mol. The van der Waals surface area contributed by atoms with E-state index in [1.54, 1.807) is 6.20 Å². The minimum absolute atomic E-state index is 0. The van der Waals surface area contributed by atoms with Gasteiger partial charge in [0.1, 0.15) is 0 Å². The van der Waals surface area contributed by atoms with Crippen LogP contribution in [0.4, 0.5) is 0 Å². The number of halogens is 1. The van der Waals surface area contributed by atoms with Gasteiger partial charge in [0.05, 0.1) is 0 Å². The SMILES string of the molecule is Cc1[n-]ncc1Br.[Ag+]. The minimum Gasteiger partial charge on any atom is -0.578 e. The molecule has 1 heterocycles. The van der Waals surface area contributed by atoms with Gasteiger partial charge >= 0.3 is 22.4 Å². The number of aromatic nitrogens is 2. The van der Waals surface area contributed by atoms with Crippen molar-refractivity contribution in [3.63, 3.8) is 0 Å². The van der Waals surface area contributed by atoms with Crippen LogP contribution in [0.1, 0.15) is 5.69 Å². The second-order valence-corrected chi connectivity index (χ2v) is 2.13. The van der Waals surface area contributed by atoms with E-state index < -0.39 is 0 Å². The molecule has 0 saturated heterocycles. The third kappa shape index (κ3) is 1.74. The molecule has 0 atom stereocenters. The summed E-state index contributed by atoms with van der Waals surface area (Å²) in [5.41, 5.74) is 0.944. The maximum absolute atomic E-state index is 3.72. The molecule has 0 aliphatic heterocycles. The van der Waals surface area contributed by atoms with Crippen LogP contribution in [0.15, 0.2) is 10.7 Å². The quantitative estimate of drug-likeness (QED) is 0.659. The van der Waals surface area contributed by atoms with Gasteiger partial charge in [-0.2, -0.15) is 0 Å².